The highest BCUT2D eigenvalue weighted by atomic mass is 32.2. The van der Waals surface area contributed by atoms with Gasteiger partial charge in [-0.3, -0.25) is 4.79 Å². The van der Waals surface area contributed by atoms with Crippen molar-refractivity contribution in [3.8, 4) is 11.5 Å². The van der Waals surface area contributed by atoms with Crippen LogP contribution in [0, 0.1) is 13.8 Å². The van der Waals surface area contributed by atoms with Crippen LogP contribution in [-0.4, -0.2) is 37.5 Å². The van der Waals surface area contributed by atoms with Gasteiger partial charge in [0.05, 0.1) is 11.8 Å². The van der Waals surface area contributed by atoms with Gasteiger partial charge in [-0.25, -0.2) is 0 Å². The number of rotatable bonds is 7. The molecule has 2 aromatic heterocycles. The zero-order chi connectivity index (χ0) is 24.5. The van der Waals surface area contributed by atoms with Gasteiger partial charge in [0, 0.05) is 24.0 Å². The zero-order valence-corrected chi connectivity index (χ0v) is 21.1. The van der Waals surface area contributed by atoms with E-state index in [4.69, 9.17) is 9.47 Å². The van der Waals surface area contributed by atoms with E-state index in [2.05, 4.69) is 40.7 Å². The van der Waals surface area contributed by atoms with Crippen LogP contribution in [0.3, 0.4) is 0 Å². The molecule has 2 aromatic carbocycles. The number of carbonyl (C=O) groups is 1. The summed E-state index contributed by atoms with van der Waals surface area (Å²) in [4.78, 5) is 13.2. The number of hydrogen-bond acceptors (Lipinski definition) is 6. The molecule has 0 fully saturated rings. The van der Waals surface area contributed by atoms with Crippen molar-refractivity contribution in [3.63, 3.8) is 0 Å². The lowest BCUT2D eigenvalue weighted by Crippen LogP contribution is -2.24. The summed E-state index contributed by atoms with van der Waals surface area (Å²) in [5.74, 6) is 2.44. The fraction of sp³-hybridized carbons (Fsp3) is 0.296. The average molecular weight is 489 g/mol. The SMILES string of the molecule is Cc1cc(C(=O)CSc2nnc(C3COc4ccccc4O3)n2C)c(C)n1C(C)c1ccccc1. The van der Waals surface area contributed by atoms with E-state index < -0.39 is 0 Å². The largest absolute Gasteiger partial charge is 0.485 e. The van der Waals surface area contributed by atoms with Crippen molar-refractivity contribution in [1.29, 1.82) is 0 Å². The maximum absolute atomic E-state index is 13.2. The minimum atomic E-state index is -0.356. The van der Waals surface area contributed by atoms with Crippen molar-refractivity contribution in [2.45, 2.75) is 38.1 Å². The molecule has 1 aliphatic rings. The number of nitrogens with zero attached hydrogens (tertiary/aromatic N) is 4. The van der Waals surface area contributed by atoms with Gasteiger partial charge in [0.15, 0.2) is 34.4 Å². The Morgan fingerprint density at radius 2 is 1.80 bits per heavy atom. The van der Waals surface area contributed by atoms with Crippen molar-refractivity contribution in [3.05, 3.63) is 89.0 Å². The standard InChI is InChI=1S/C27H28N4O3S/c1-17-14-21(19(3)31(17)18(2)20-10-6-5-7-11-20)22(32)16-35-27-29-28-26(30(27)4)25-15-33-23-12-8-9-13-24(23)34-25/h5-14,18,25H,15-16H2,1-4H3. The van der Waals surface area contributed by atoms with Crippen LogP contribution in [0.15, 0.2) is 65.8 Å². The van der Waals surface area contributed by atoms with Crippen LogP contribution in [-0.2, 0) is 7.05 Å². The number of ether oxygens (including phenoxy) is 2. The second kappa shape index (κ2) is 9.62. The minimum absolute atomic E-state index is 0.0744. The van der Waals surface area contributed by atoms with Crippen molar-refractivity contribution < 1.29 is 14.3 Å². The number of hydrogen-bond donors (Lipinski definition) is 0. The molecule has 0 saturated carbocycles. The second-order valence-corrected chi connectivity index (χ2v) is 9.66. The van der Waals surface area contributed by atoms with Crippen LogP contribution in [0.1, 0.15) is 52.2 Å². The quantitative estimate of drug-likeness (QED) is 0.259. The Morgan fingerprint density at radius 1 is 1.09 bits per heavy atom. The molecular formula is C27H28N4O3S. The number of thioether (sulfide) groups is 1. The maximum atomic E-state index is 13.2. The van der Waals surface area contributed by atoms with Crippen LogP contribution < -0.4 is 9.47 Å². The van der Waals surface area contributed by atoms with E-state index in [9.17, 15) is 4.79 Å². The molecule has 2 unspecified atom stereocenters. The highest BCUT2D eigenvalue weighted by Crippen LogP contribution is 2.36. The number of aromatic nitrogens is 4. The normalized spacial score (nSPS) is 15.7. The summed E-state index contributed by atoms with van der Waals surface area (Å²) < 4.78 is 16.0. The Balaban J connectivity index is 1.28. The Labute approximate surface area is 209 Å². The lowest BCUT2D eigenvalue weighted by Gasteiger charge is -2.25. The third-order valence-electron chi connectivity index (χ3n) is 6.45. The molecule has 0 aliphatic carbocycles. The molecule has 4 aromatic rings. The molecule has 7 nitrogen and oxygen atoms in total. The molecule has 1 aliphatic heterocycles. The van der Waals surface area contributed by atoms with Gasteiger partial charge in [-0.1, -0.05) is 54.2 Å². The van der Waals surface area contributed by atoms with E-state index >= 15 is 0 Å². The highest BCUT2D eigenvalue weighted by Gasteiger charge is 2.28. The number of Topliss-reactive ketones (excluding diaryl/α,β-unsaturated/α-hetero) is 1. The van der Waals surface area contributed by atoms with Gasteiger partial charge in [-0.05, 0) is 44.5 Å². The molecule has 2 atom stereocenters. The molecule has 3 heterocycles. The van der Waals surface area contributed by atoms with Gasteiger partial charge in [0.2, 0.25) is 0 Å². The van der Waals surface area contributed by atoms with E-state index in [0.717, 1.165) is 22.7 Å². The maximum Gasteiger partial charge on any atom is 0.192 e. The van der Waals surface area contributed by atoms with Gasteiger partial charge >= 0.3 is 0 Å². The van der Waals surface area contributed by atoms with E-state index in [0.29, 0.717) is 23.3 Å². The number of fused-ring (bicyclic) bond motifs is 1. The van der Waals surface area contributed by atoms with Gasteiger partial charge in [0.25, 0.3) is 0 Å². The van der Waals surface area contributed by atoms with Crippen molar-refractivity contribution in [2.75, 3.05) is 12.4 Å². The predicted octanol–water partition coefficient (Wildman–Crippen LogP) is 5.33. The highest BCUT2D eigenvalue weighted by molar-refractivity contribution is 7.99. The van der Waals surface area contributed by atoms with Gasteiger partial charge in [-0.2, -0.15) is 0 Å². The summed E-state index contributed by atoms with van der Waals surface area (Å²) in [6.45, 7) is 6.59. The second-order valence-electron chi connectivity index (χ2n) is 8.72. The first-order valence-electron chi connectivity index (χ1n) is 11.6. The summed E-state index contributed by atoms with van der Waals surface area (Å²) >= 11 is 1.38. The smallest absolute Gasteiger partial charge is 0.192 e. The molecule has 0 saturated heterocycles. The van der Waals surface area contributed by atoms with Gasteiger partial charge in [-0.15, -0.1) is 10.2 Å². The fourth-order valence-electron chi connectivity index (χ4n) is 4.62. The van der Waals surface area contributed by atoms with Gasteiger partial charge in [0.1, 0.15) is 6.61 Å². The molecule has 0 spiro atoms. The third kappa shape index (κ3) is 4.46. The first kappa shape index (κ1) is 23.2. The summed E-state index contributed by atoms with van der Waals surface area (Å²) in [5, 5.41) is 9.30. The van der Waals surface area contributed by atoms with Crippen molar-refractivity contribution >= 4 is 17.5 Å². The molecule has 0 bridgehead atoms. The van der Waals surface area contributed by atoms with E-state index in [1.165, 1.54) is 17.3 Å². The number of carbonyl (C=O) groups excluding carboxylic acids is 1. The zero-order valence-electron chi connectivity index (χ0n) is 20.3. The molecule has 0 N–H and O–H groups in total. The molecule has 0 radical (unpaired) electrons. The fourth-order valence-corrected chi connectivity index (χ4v) is 5.42. The summed E-state index contributed by atoms with van der Waals surface area (Å²) in [5.41, 5.74) is 4.02. The van der Waals surface area contributed by atoms with E-state index in [-0.39, 0.29) is 23.7 Å². The Hall–Kier alpha value is -3.52. The monoisotopic (exact) mass is 488 g/mol. The third-order valence-corrected chi connectivity index (χ3v) is 7.47. The van der Waals surface area contributed by atoms with Gasteiger partial charge < -0.3 is 18.6 Å². The number of aryl methyl sites for hydroxylation is 1. The van der Waals surface area contributed by atoms with Crippen LogP contribution >= 0.6 is 11.8 Å². The molecular weight excluding hydrogens is 460 g/mol. The van der Waals surface area contributed by atoms with Crippen LogP contribution in [0.4, 0.5) is 0 Å². The van der Waals surface area contributed by atoms with Crippen LogP contribution in [0.25, 0.3) is 0 Å². The topological polar surface area (TPSA) is 71.2 Å². The van der Waals surface area contributed by atoms with Crippen LogP contribution in [0.2, 0.25) is 0 Å². The average Bonchev–Trinajstić information content (AvgIpc) is 3.40. The van der Waals surface area contributed by atoms with Crippen molar-refractivity contribution in [2.24, 2.45) is 7.05 Å². The molecule has 8 heteroatoms. The number of para-hydroxylation sites is 2. The molecule has 0 amide bonds. The Bertz CT molecular complexity index is 1360. The molecule has 180 valence electrons. The van der Waals surface area contributed by atoms with Crippen molar-refractivity contribution in [1.82, 2.24) is 19.3 Å². The molecule has 35 heavy (non-hydrogen) atoms. The minimum Gasteiger partial charge on any atom is -0.485 e. The number of ketones is 1. The Morgan fingerprint density at radius 3 is 2.57 bits per heavy atom. The lowest BCUT2D eigenvalue weighted by atomic mass is 10.1. The number of benzene rings is 2. The summed E-state index contributed by atoms with van der Waals surface area (Å²) in [6.07, 6.45) is -0.356. The van der Waals surface area contributed by atoms with E-state index in [1.54, 1.807) is 0 Å². The van der Waals surface area contributed by atoms with E-state index in [1.807, 2.05) is 67.1 Å². The molecule has 5 rings (SSSR count). The predicted molar refractivity (Wildman–Crippen MR) is 136 cm³/mol. The van der Waals surface area contributed by atoms with Crippen LogP contribution in [0.5, 0.6) is 11.5 Å². The Kier molecular flexibility index (Phi) is 6.38. The summed E-state index contributed by atoms with van der Waals surface area (Å²) in [6, 6.07) is 20.1. The first-order valence-corrected chi connectivity index (χ1v) is 12.6. The first-order chi connectivity index (χ1) is 16.9. The summed E-state index contributed by atoms with van der Waals surface area (Å²) in [7, 11) is 1.89. The lowest BCUT2D eigenvalue weighted by molar-refractivity contribution is 0.0825.